The Morgan fingerprint density at radius 2 is 1.93 bits per heavy atom. The number of amides is 4. The van der Waals surface area contributed by atoms with E-state index in [2.05, 4.69) is 10.2 Å². The number of aliphatic hydroxyl groups excluding tert-OH is 1. The number of carbonyl (C=O) groups excluding carboxylic acids is 3. The number of fused-ring (bicyclic) bond motifs is 1. The van der Waals surface area contributed by atoms with Crippen molar-refractivity contribution in [2.45, 2.75) is 50.1 Å². The average Bonchev–Trinajstić information content (AvgIpc) is 3.49. The molecule has 6 atom stereocenters. The van der Waals surface area contributed by atoms with Gasteiger partial charge in [-0.1, -0.05) is 6.92 Å². The summed E-state index contributed by atoms with van der Waals surface area (Å²) in [5.74, 6) is -0.875. The van der Waals surface area contributed by atoms with Crippen LogP contribution in [0.4, 0.5) is 4.79 Å². The maximum Gasteiger partial charge on any atom is 0.353 e. The molecular formula is C27H43N5O7S2. The van der Waals surface area contributed by atoms with E-state index < -0.39 is 18.0 Å². The van der Waals surface area contributed by atoms with Crippen LogP contribution in [0.2, 0.25) is 0 Å². The van der Waals surface area contributed by atoms with Crippen molar-refractivity contribution < 1.29 is 34.1 Å². The highest BCUT2D eigenvalue weighted by Gasteiger charge is 2.60. The molecule has 0 aliphatic carbocycles. The number of carboxylic acid groups (broad SMARTS) is 1. The zero-order valence-corrected chi connectivity index (χ0v) is 25.9. The number of imide groups is 1. The Hall–Kier alpha value is -1.84. The van der Waals surface area contributed by atoms with Crippen LogP contribution in [-0.4, -0.2) is 149 Å². The molecule has 0 saturated carbocycles. The third-order valence-electron chi connectivity index (χ3n) is 8.48. The minimum atomic E-state index is -1.10. The van der Waals surface area contributed by atoms with Crippen molar-refractivity contribution in [1.82, 2.24) is 24.9 Å². The monoisotopic (exact) mass is 613 g/mol. The van der Waals surface area contributed by atoms with Crippen molar-refractivity contribution in [3.05, 3.63) is 10.6 Å². The van der Waals surface area contributed by atoms with Crippen molar-refractivity contribution in [1.29, 1.82) is 0 Å². The van der Waals surface area contributed by atoms with Crippen molar-refractivity contribution >= 4 is 47.3 Å². The molecule has 4 rings (SSSR count). The molecule has 41 heavy (non-hydrogen) atoms. The molecule has 0 spiro atoms. The minimum absolute atomic E-state index is 0.0670. The van der Waals surface area contributed by atoms with Gasteiger partial charge in [-0.25, -0.2) is 9.59 Å². The fourth-order valence-corrected chi connectivity index (χ4v) is 8.65. The molecule has 4 aliphatic rings. The number of methoxy groups -OCH3 is 1. The first-order valence-corrected chi connectivity index (χ1v) is 16.3. The molecule has 12 nitrogen and oxygen atoms in total. The highest BCUT2D eigenvalue weighted by Crippen LogP contribution is 2.51. The molecule has 0 bridgehead atoms. The second kappa shape index (κ2) is 14.1. The van der Waals surface area contributed by atoms with E-state index in [0.29, 0.717) is 30.4 Å². The summed E-state index contributed by atoms with van der Waals surface area (Å²) in [5, 5.41) is 23.6. The van der Waals surface area contributed by atoms with E-state index in [1.165, 1.54) is 21.6 Å². The lowest BCUT2D eigenvalue weighted by atomic mass is 9.79. The molecular weight excluding hydrogens is 570 g/mol. The first kappa shape index (κ1) is 32.1. The van der Waals surface area contributed by atoms with Gasteiger partial charge in [0.2, 0.25) is 11.8 Å². The van der Waals surface area contributed by atoms with Gasteiger partial charge in [0, 0.05) is 93.5 Å². The molecule has 4 amide bonds. The zero-order chi connectivity index (χ0) is 29.8. The second-order valence-electron chi connectivity index (χ2n) is 11.2. The Morgan fingerprint density at radius 1 is 1.22 bits per heavy atom. The number of aliphatic hydroxyl groups is 1. The Kier molecular flexibility index (Phi) is 11.0. The molecule has 0 radical (unpaired) electrons. The molecule has 3 saturated heterocycles. The highest BCUT2D eigenvalue weighted by atomic mass is 32.2. The third-order valence-corrected chi connectivity index (χ3v) is 11.1. The van der Waals surface area contributed by atoms with Crippen LogP contribution in [0.3, 0.4) is 0 Å². The number of nitrogens with one attached hydrogen (secondary N) is 1. The first-order valence-electron chi connectivity index (χ1n) is 14.3. The fourth-order valence-electron chi connectivity index (χ4n) is 6.11. The van der Waals surface area contributed by atoms with Crippen LogP contribution < -0.4 is 5.32 Å². The number of hydrogen-bond acceptors (Lipinski definition) is 10. The van der Waals surface area contributed by atoms with Gasteiger partial charge in [-0.3, -0.25) is 19.4 Å². The summed E-state index contributed by atoms with van der Waals surface area (Å²) in [6, 6.07) is -0.313. The van der Waals surface area contributed by atoms with E-state index in [4.69, 9.17) is 4.74 Å². The number of carboxylic acids is 1. The van der Waals surface area contributed by atoms with Crippen molar-refractivity contribution in [3.63, 3.8) is 0 Å². The van der Waals surface area contributed by atoms with Crippen LogP contribution in [-0.2, 0) is 19.1 Å². The summed E-state index contributed by atoms with van der Waals surface area (Å²) in [7, 11) is 3.23. The highest BCUT2D eigenvalue weighted by molar-refractivity contribution is 8.03. The summed E-state index contributed by atoms with van der Waals surface area (Å²) in [6.45, 7) is 8.49. The van der Waals surface area contributed by atoms with Gasteiger partial charge < -0.3 is 30.1 Å². The summed E-state index contributed by atoms with van der Waals surface area (Å²) in [5.41, 5.74) is 0.0670. The van der Waals surface area contributed by atoms with Gasteiger partial charge in [-0.05, 0) is 13.3 Å². The summed E-state index contributed by atoms with van der Waals surface area (Å²) < 4.78 is 5.12. The molecule has 0 aromatic rings. The van der Waals surface area contributed by atoms with E-state index in [1.807, 2.05) is 6.92 Å². The molecule has 3 fully saturated rings. The van der Waals surface area contributed by atoms with E-state index in [-0.39, 0.29) is 53.2 Å². The molecule has 3 N–H and O–H groups in total. The van der Waals surface area contributed by atoms with E-state index >= 15 is 0 Å². The van der Waals surface area contributed by atoms with Gasteiger partial charge in [0.25, 0.3) is 0 Å². The second-order valence-corrected chi connectivity index (χ2v) is 13.7. The summed E-state index contributed by atoms with van der Waals surface area (Å²) in [6.07, 6.45) is 0.321. The lowest BCUT2D eigenvalue weighted by Gasteiger charge is -2.46. The number of aliphatic carboxylic acids is 1. The quantitative estimate of drug-likeness (QED) is 0.210. The van der Waals surface area contributed by atoms with Crippen molar-refractivity contribution in [2.75, 3.05) is 71.5 Å². The number of rotatable bonds is 12. The maximum atomic E-state index is 12.8. The van der Waals surface area contributed by atoms with E-state index in [0.717, 1.165) is 38.4 Å². The number of ether oxygens (including phenoxy) is 1. The molecule has 0 aromatic carbocycles. The van der Waals surface area contributed by atoms with Gasteiger partial charge in [0.05, 0.1) is 24.7 Å². The largest absolute Gasteiger partial charge is 0.477 e. The van der Waals surface area contributed by atoms with E-state index in [9.17, 15) is 29.4 Å². The lowest BCUT2D eigenvalue weighted by Crippen LogP contribution is -2.63. The maximum absolute atomic E-state index is 12.8. The average molecular weight is 614 g/mol. The fraction of sp³-hybridized carbons (Fsp3) is 0.778. The lowest BCUT2D eigenvalue weighted by molar-refractivity contribution is -0.163. The van der Waals surface area contributed by atoms with Crippen LogP contribution in [0.5, 0.6) is 0 Å². The number of hydrogen-bond donors (Lipinski definition) is 3. The molecule has 14 heteroatoms. The number of carbonyl (C=O) groups is 4. The summed E-state index contributed by atoms with van der Waals surface area (Å²) in [4.78, 5) is 57.4. The smallest absolute Gasteiger partial charge is 0.353 e. The molecule has 0 aromatic heterocycles. The number of β-lactam (4-membered cyclic amide) rings is 1. The number of thioether (sulfide) groups is 2. The van der Waals surface area contributed by atoms with Crippen LogP contribution in [0, 0.1) is 11.8 Å². The minimum Gasteiger partial charge on any atom is -0.477 e. The van der Waals surface area contributed by atoms with Crippen molar-refractivity contribution in [2.24, 2.45) is 11.8 Å². The van der Waals surface area contributed by atoms with Gasteiger partial charge in [0.1, 0.15) is 5.70 Å². The van der Waals surface area contributed by atoms with Gasteiger partial charge in [-0.2, -0.15) is 11.8 Å². The number of piperazine rings is 1. The Bertz CT molecular complexity index is 1040. The van der Waals surface area contributed by atoms with Crippen LogP contribution >= 0.6 is 23.5 Å². The molecule has 230 valence electrons. The van der Waals surface area contributed by atoms with Gasteiger partial charge >= 0.3 is 12.0 Å². The molecule has 1 unspecified atom stereocenters. The first-order chi connectivity index (χ1) is 19.5. The number of nitrogens with zero attached hydrogens (tertiary/aromatic N) is 4. The van der Waals surface area contributed by atoms with Crippen LogP contribution in [0.1, 0.15) is 26.7 Å². The Labute approximate surface area is 250 Å². The Balaban J connectivity index is 1.17. The number of urea groups is 1. The van der Waals surface area contributed by atoms with Gasteiger partial charge in [0.15, 0.2) is 0 Å². The third kappa shape index (κ3) is 7.04. The topological polar surface area (TPSA) is 143 Å². The normalized spacial score (nSPS) is 29.0. The van der Waals surface area contributed by atoms with Crippen LogP contribution in [0.25, 0.3) is 0 Å². The van der Waals surface area contributed by atoms with Gasteiger partial charge in [-0.15, -0.1) is 11.8 Å². The predicted octanol–water partition coefficient (Wildman–Crippen LogP) is 0.570. The Morgan fingerprint density at radius 3 is 2.56 bits per heavy atom. The predicted molar refractivity (Wildman–Crippen MR) is 157 cm³/mol. The SMILES string of the molecule is COCCN1CCN(C(=O)N(C)C(=O)CCSC[C@@H]2C[C@H](SC3=C(C(=O)O)N4C(=O)[C@@H](C(C)O)[C@H]4[C@H]3C)CN2)CC1. The zero-order valence-electron chi connectivity index (χ0n) is 24.3. The van der Waals surface area contributed by atoms with Crippen LogP contribution in [0.15, 0.2) is 10.6 Å². The standard InChI is InChI=1S/C27H43N5O7S2/c1-16-22-21(17(2)33)25(35)32(22)23(26(36)37)24(16)41-19-13-18(28-14-19)15-40-12-5-20(34)29(3)27(38)31-8-6-30(7-9-31)10-11-39-4/h16-19,21-22,28,33H,5-15H2,1-4H3,(H,36,37)/t16-,17?,18+,19+,21+,22-/m1/s1. The molecule has 4 heterocycles. The summed E-state index contributed by atoms with van der Waals surface area (Å²) >= 11 is 3.20. The van der Waals surface area contributed by atoms with Crippen molar-refractivity contribution in [3.8, 4) is 0 Å². The van der Waals surface area contributed by atoms with E-state index in [1.54, 1.807) is 37.7 Å². The molecule has 4 aliphatic heterocycles.